The molecule has 0 heterocycles. The highest BCUT2D eigenvalue weighted by Crippen LogP contribution is 2.43. The summed E-state index contributed by atoms with van der Waals surface area (Å²) in [6.45, 7) is 21.1. The van der Waals surface area contributed by atoms with E-state index in [1.165, 1.54) is 22.3 Å². The van der Waals surface area contributed by atoms with Gasteiger partial charge < -0.3 is 4.74 Å². The molecule has 0 unspecified atom stereocenters. The minimum atomic E-state index is 0.0211. The zero-order valence-electron chi connectivity index (χ0n) is 18.2. The first-order valence-corrected chi connectivity index (χ1v) is 9.66. The highest BCUT2D eigenvalue weighted by Gasteiger charge is 2.30. The molecule has 0 radical (unpaired) electrons. The van der Waals surface area contributed by atoms with Crippen molar-refractivity contribution in [3.8, 4) is 5.75 Å². The van der Waals surface area contributed by atoms with Gasteiger partial charge in [0.1, 0.15) is 12.4 Å². The van der Waals surface area contributed by atoms with Gasteiger partial charge in [0.05, 0.1) is 0 Å². The number of ether oxygens (including phenoxy) is 1. The Labute approximate surface area is 160 Å². The number of rotatable bonds is 3. The van der Waals surface area contributed by atoms with Crippen LogP contribution in [-0.4, -0.2) is 0 Å². The van der Waals surface area contributed by atoms with E-state index in [0.717, 1.165) is 5.75 Å². The molecule has 0 fully saturated rings. The van der Waals surface area contributed by atoms with Gasteiger partial charge in [0.25, 0.3) is 0 Å². The van der Waals surface area contributed by atoms with Crippen LogP contribution >= 0.6 is 0 Å². The molecule has 1 heteroatoms. The van der Waals surface area contributed by atoms with Gasteiger partial charge in [-0.1, -0.05) is 105 Å². The molecule has 0 aliphatic carbocycles. The quantitative estimate of drug-likeness (QED) is 0.569. The number of benzene rings is 2. The molecule has 0 aliphatic heterocycles. The summed E-state index contributed by atoms with van der Waals surface area (Å²) in [6, 6.07) is 15.1. The van der Waals surface area contributed by atoms with Crippen molar-refractivity contribution in [3.05, 3.63) is 64.7 Å². The summed E-state index contributed by atoms with van der Waals surface area (Å²) in [6.07, 6.45) is 0. The Hall–Kier alpha value is -1.76. The van der Waals surface area contributed by atoms with E-state index in [2.05, 4.69) is 98.7 Å². The summed E-state index contributed by atoms with van der Waals surface area (Å²) in [5.74, 6) is 1.06. The van der Waals surface area contributed by atoms with Crippen LogP contribution in [0.3, 0.4) is 0 Å². The van der Waals surface area contributed by atoms with E-state index in [0.29, 0.717) is 6.61 Å². The van der Waals surface area contributed by atoms with Crippen LogP contribution in [0.2, 0.25) is 0 Å². The van der Waals surface area contributed by atoms with Crippen LogP contribution in [0.25, 0.3) is 0 Å². The normalized spacial score (nSPS) is 13.0. The van der Waals surface area contributed by atoms with Crippen LogP contribution in [0.5, 0.6) is 5.75 Å². The third kappa shape index (κ3) is 4.90. The topological polar surface area (TPSA) is 9.23 Å². The molecular formula is C25H36O. The van der Waals surface area contributed by atoms with Crippen LogP contribution in [0.1, 0.15) is 84.6 Å². The molecule has 0 bridgehead atoms. The van der Waals surface area contributed by atoms with E-state index in [4.69, 9.17) is 4.74 Å². The molecule has 142 valence electrons. The molecule has 0 aromatic heterocycles. The molecule has 1 nitrogen and oxygen atoms in total. The molecule has 2 rings (SSSR count). The number of hydrogen-bond donors (Lipinski definition) is 0. The molecule has 0 aliphatic rings. The third-order valence-corrected chi connectivity index (χ3v) is 4.80. The van der Waals surface area contributed by atoms with Gasteiger partial charge in [0.2, 0.25) is 0 Å². The highest BCUT2D eigenvalue weighted by molar-refractivity contribution is 5.52. The summed E-state index contributed by atoms with van der Waals surface area (Å²) < 4.78 is 6.48. The Morgan fingerprint density at radius 2 is 1.12 bits per heavy atom. The van der Waals surface area contributed by atoms with Crippen LogP contribution in [-0.2, 0) is 22.9 Å². The summed E-state index contributed by atoms with van der Waals surface area (Å²) in [5.41, 5.74) is 5.32. The van der Waals surface area contributed by atoms with Gasteiger partial charge in [-0.05, 0) is 27.4 Å². The van der Waals surface area contributed by atoms with Crippen molar-refractivity contribution < 1.29 is 4.74 Å². The van der Waals surface area contributed by atoms with Crippen molar-refractivity contribution in [2.75, 3.05) is 0 Å². The fourth-order valence-electron chi connectivity index (χ4n) is 3.06. The van der Waals surface area contributed by atoms with E-state index in [-0.39, 0.29) is 16.2 Å². The summed E-state index contributed by atoms with van der Waals surface area (Å²) >= 11 is 0. The van der Waals surface area contributed by atoms with Gasteiger partial charge in [-0.15, -0.1) is 0 Å². The second kappa shape index (κ2) is 7.10. The smallest absolute Gasteiger partial charge is 0.127 e. The number of hydrogen-bond acceptors (Lipinski definition) is 1. The predicted octanol–water partition coefficient (Wildman–Crippen LogP) is 7.16. The molecule has 0 atom stereocenters. The minimum Gasteiger partial charge on any atom is -0.488 e. The first-order chi connectivity index (χ1) is 11.8. The Morgan fingerprint density at radius 3 is 1.50 bits per heavy atom. The molecule has 0 amide bonds. The van der Waals surface area contributed by atoms with Crippen LogP contribution < -0.4 is 4.74 Å². The zero-order valence-corrected chi connectivity index (χ0v) is 18.2. The van der Waals surface area contributed by atoms with Crippen molar-refractivity contribution in [3.63, 3.8) is 0 Å². The minimum absolute atomic E-state index is 0.0211. The largest absolute Gasteiger partial charge is 0.488 e. The van der Waals surface area contributed by atoms with E-state index in [1.54, 1.807) is 0 Å². The molecule has 0 spiro atoms. The monoisotopic (exact) mass is 352 g/mol. The maximum atomic E-state index is 6.48. The van der Waals surface area contributed by atoms with E-state index in [1.807, 2.05) is 6.07 Å². The summed E-state index contributed by atoms with van der Waals surface area (Å²) in [7, 11) is 0. The lowest BCUT2D eigenvalue weighted by Gasteiger charge is -2.33. The fraction of sp³-hybridized carbons (Fsp3) is 0.520. The van der Waals surface area contributed by atoms with Gasteiger partial charge in [-0.3, -0.25) is 0 Å². The first kappa shape index (κ1) is 20.6. The van der Waals surface area contributed by atoms with E-state index >= 15 is 0 Å². The average Bonchev–Trinajstić information content (AvgIpc) is 2.50. The Balaban J connectivity index is 2.62. The Kier molecular flexibility index (Phi) is 5.61. The average molecular weight is 353 g/mol. The van der Waals surface area contributed by atoms with Gasteiger partial charge in [0, 0.05) is 11.1 Å². The van der Waals surface area contributed by atoms with Gasteiger partial charge >= 0.3 is 0 Å². The van der Waals surface area contributed by atoms with E-state index < -0.39 is 0 Å². The second-order valence-corrected chi connectivity index (χ2v) is 10.4. The van der Waals surface area contributed by atoms with Crippen molar-refractivity contribution in [1.29, 1.82) is 0 Å². The van der Waals surface area contributed by atoms with Crippen molar-refractivity contribution >= 4 is 0 Å². The summed E-state index contributed by atoms with van der Waals surface area (Å²) in [5, 5.41) is 0. The van der Waals surface area contributed by atoms with Crippen LogP contribution in [0.4, 0.5) is 0 Å². The molecule has 0 N–H and O–H groups in total. The SMILES string of the molecule is CC(C)(C)c1cc(C(C)(C)C)c(OCc2ccccc2)c(C(C)(C)C)c1. The van der Waals surface area contributed by atoms with Crippen molar-refractivity contribution in [1.82, 2.24) is 0 Å². The lowest BCUT2D eigenvalue weighted by Crippen LogP contribution is -2.23. The Bertz CT molecular complexity index is 699. The fourth-order valence-corrected chi connectivity index (χ4v) is 3.06. The molecule has 26 heavy (non-hydrogen) atoms. The Morgan fingerprint density at radius 1 is 0.654 bits per heavy atom. The predicted molar refractivity (Wildman–Crippen MR) is 113 cm³/mol. The maximum absolute atomic E-state index is 6.48. The molecule has 0 saturated carbocycles. The standard InChI is InChI=1S/C25H36O/c1-23(2,3)19-15-20(24(4,5)6)22(21(16-19)25(7,8)9)26-17-18-13-11-10-12-14-18/h10-16H,17H2,1-9H3. The van der Waals surface area contributed by atoms with Gasteiger partial charge in [-0.25, -0.2) is 0 Å². The van der Waals surface area contributed by atoms with Crippen LogP contribution in [0.15, 0.2) is 42.5 Å². The molecule has 2 aromatic carbocycles. The second-order valence-electron chi connectivity index (χ2n) is 10.4. The maximum Gasteiger partial charge on any atom is 0.127 e. The van der Waals surface area contributed by atoms with Gasteiger partial charge in [0.15, 0.2) is 0 Å². The highest BCUT2D eigenvalue weighted by atomic mass is 16.5. The lowest BCUT2D eigenvalue weighted by atomic mass is 9.74. The van der Waals surface area contributed by atoms with Crippen LogP contribution in [0, 0.1) is 0 Å². The molecule has 0 saturated heterocycles. The van der Waals surface area contributed by atoms with Crippen molar-refractivity contribution in [2.24, 2.45) is 0 Å². The molecule has 2 aromatic rings. The summed E-state index contributed by atoms with van der Waals surface area (Å²) in [4.78, 5) is 0. The van der Waals surface area contributed by atoms with Gasteiger partial charge in [-0.2, -0.15) is 0 Å². The zero-order chi connectivity index (χ0) is 19.8. The lowest BCUT2D eigenvalue weighted by molar-refractivity contribution is 0.288. The third-order valence-electron chi connectivity index (χ3n) is 4.80. The first-order valence-electron chi connectivity index (χ1n) is 9.66. The van der Waals surface area contributed by atoms with E-state index in [9.17, 15) is 0 Å². The molecular weight excluding hydrogens is 316 g/mol. The van der Waals surface area contributed by atoms with Crippen molar-refractivity contribution in [2.45, 2.75) is 85.2 Å².